The summed E-state index contributed by atoms with van der Waals surface area (Å²) < 4.78 is 41.5. The number of anilines is 1. The number of carbonyl (C=O) groups excluding carboxylic acids is 2. The molecule has 1 aliphatic carbocycles. The molecule has 0 spiro atoms. The summed E-state index contributed by atoms with van der Waals surface area (Å²) in [7, 11) is 0. The zero-order valence-corrected chi connectivity index (χ0v) is 17.4. The van der Waals surface area contributed by atoms with Crippen LogP contribution in [0.3, 0.4) is 0 Å². The van der Waals surface area contributed by atoms with Gasteiger partial charge in [0.2, 0.25) is 17.7 Å². The molecule has 11 heteroatoms. The minimum absolute atomic E-state index is 0.00769. The van der Waals surface area contributed by atoms with Crippen molar-refractivity contribution in [3.63, 3.8) is 0 Å². The standard InChI is InChI=1S/C20H24F3N5O3/c1-4-28-15(9-11(2)24-19(28)27-17(29)13-5-6-13)18(30)26-14-7-8-16(25-12(14)3)31-10-20(21,22)23/h7-9,13,15H,4-6,10H2,1-3H3,(H,26,30)(H,24,27,29). The number of carbonyl (C=O) groups is 2. The van der Waals surface area contributed by atoms with Gasteiger partial charge in [0.1, 0.15) is 6.04 Å². The SMILES string of the molecule is CCN1C(NC(=O)C2CC2)=NC(C)=CC1C(=O)Nc1ccc(OCC(F)(F)F)nc1C. The van der Waals surface area contributed by atoms with Gasteiger partial charge in [-0.15, -0.1) is 0 Å². The van der Waals surface area contributed by atoms with Crippen LogP contribution in [0.2, 0.25) is 0 Å². The molecule has 1 fully saturated rings. The van der Waals surface area contributed by atoms with E-state index in [1.54, 1.807) is 24.8 Å². The number of nitrogens with one attached hydrogen (secondary N) is 2. The Morgan fingerprint density at radius 2 is 1.90 bits per heavy atom. The number of likely N-dealkylation sites (N-methyl/N-ethyl adjacent to an activating group) is 1. The minimum atomic E-state index is -4.47. The topological polar surface area (TPSA) is 95.9 Å². The summed E-state index contributed by atoms with van der Waals surface area (Å²) in [4.78, 5) is 35.2. The molecule has 0 bridgehead atoms. The maximum atomic E-state index is 13.0. The molecule has 2 aliphatic rings. The minimum Gasteiger partial charge on any atom is -0.468 e. The van der Waals surface area contributed by atoms with Crippen LogP contribution in [-0.2, 0) is 9.59 Å². The Morgan fingerprint density at radius 1 is 1.19 bits per heavy atom. The number of pyridine rings is 1. The molecule has 168 valence electrons. The summed E-state index contributed by atoms with van der Waals surface area (Å²) in [6.07, 6.45) is -1.10. The van der Waals surface area contributed by atoms with Crippen molar-refractivity contribution in [2.24, 2.45) is 10.9 Å². The Morgan fingerprint density at radius 3 is 2.48 bits per heavy atom. The Balaban J connectivity index is 1.70. The number of nitrogens with zero attached hydrogens (tertiary/aromatic N) is 3. The van der Waals surface area contributed by atoms with E-state index in [0.29, 0.717) is 29.6 Å². The smallest absolute Gasteiger partial charge is 0.422 e. The molecule has 1 aliphatic heterocycles. The van der Waals surface area contributed by atoms with Crippen molar-refractivity contribution >= 4 is 23.5 Å². The quantitative estimate of drug-likeness (QED) is 0.711. The highest BCUT2D eigenvalue weighted by atomic mass is 19.4. The molecule has 1 unspecified atom stereocenters. The van der Waals surface area contributed by atoms with E-state index >= 15 is 0 Å². The van der Waals surface area contributed by atoms with Gasteiger partial charge in [-0.2, -0.15) is 13.2 Å². The van der Waals surface area contributed by atoms with Gasteiger partial charge in [0.25, 0.3) is 5.91 Å². The summed E-state index contributed by atoms with van der Waals surface area (Å²) in [5, 5.41) is 5.54. The molecule has 1 aromatic rings. The fourth-order valence-corrected chi connectivity index (χ4v) is 3.05. The number of aromatic nitrogens is 1. The van der Waals surface area contributed by atoms with Crippen molar-refractivity contribution < 1.29 is 27.5 Å². The first-order chi connectivity index (χ1) is 14.6. The number of aliphatic imine (C=N–C) groups is 1. The lowest BCUT2D eigenvalue weighted by atomic mass is 10.1. The highest BCUT2D eigenvalue weighted by Gasteiger charge is 2.34. The molecule has 3 rings (SSSR count). The van der Waals surface area contributed by atoms with Gasteiger partial charge >= 0.3 is 6.18 Å². The van der Waals surface area contributed by atoms with Crippen LogP contribution in [0.25, 0.3) is 0 Å². The van der Waals surface area contributed by atoms with E-state index in [-0.39, 0.29) is 23.6 Å². The lowest BCUT2D eigenvalue weighted by Gasteiger charge is -2.33. The number of alkyl halides is 3. The predicted octanol–water partition coefficient (Wildman–Crippen LogP) is 2.76. The fourth-order valence-electron chi connectivity index (χ4n) is 3.05. The molecule has 0 radical (unpaired) electrons. The number of guanidine groups is 1. The van der Waals surface area contributed by atoms with Crippen LogP contribution >= 0.6 is 0 Å². The van der Waals surface area contributed by atoms with E-state index in [4.69, 9.17) is 0 Å². The van der Waals surface area contributed by atoms with Crippen molar-refractivity contribution in [3.8, 4) is 5.88 Å². The number of hydrogen-bond donors (Lipinski definition) is 2. The molecule has 2 amide bonds. The molecular weight excluding hydrogens is 415 g/mol. The second-order valence-corrected chi connectivity index (χ2v) is 7.41. The van der Waals surface area contributed by atoms with Crippen molar-refractivity contribution in [2.45, 2.75) is 45.8 Å². The molecular formula is C20H24F3N5O3. The van der Waals surface area contributed by atoms with Crippen molar-refractivity contribution in [3.05, 3.63) is 29.6 Å². The van der Waals surface area contributed by atoms with Gasteiger partial charge in [-0.1, -0.05) is 0 Å². The van der Waals surface area contributed by atoms with Crippen LogP contribution in [0.1, 0.15) is 32.4 Å². The van der Waals surface area contributed by atoms with Gasteiger partial charge in [-0.25, -0.2) is 9.98 Å². The summed E-state index contributed by atoms with van der Waals surface area (Å²) >= 11 is 0. The van der Waals surface area contributed by atoms with E-state index in [1.807, 2.05) is 6.92 Å². The summed E-state index contributed by atoms with van der Waals surface area (Å²) in [5.41, 5.74) is 1.24. The van der Waals surface area contributed by atoms with Crippen LogP contribution in [0.5, 0.6) is 5.88 Å². The number of rotatable bonds is 6. The van der Waals surface area contributed by atoms with Gasteiger partial charge < -0.3 is 15.0 Å². The summed E-state index contributed by atoms with van der Waals surface area (Å²) in [6, 6.07) is 1.97. The molecule has 1 atom stereocenters. The third-order valence-electron chi connectivity index (χ3n) is 4.78. The third kappa shape index (κ3) is 5.96. The largest absolute Gasteiger partial charge is 0.468 e. The third-order valence-corrected chi connectivity index (χ3v) is 4.78. The molecule has 31 heavy (non-hydrogen) atoms. The number of amides is 2. The monoisotopic (exact) mass is 439 g/mol. The maximum Gasteiger partial charge on any atom is 0.422 e. The maximum absolute atomic E-state index is 13.0. The number of halogens is 3. The van der Waals surface area contributed by atoms with Crippen LogP contribution in [0.4, 0.5) is 18.9 Å². The average molecular weight is 439 g/mol. The zero-order chi connectivity index (χ0) is 22.8. The Hall–Kier alpha value is -3.11. The van der Waals surface area contributed by atoms with Crippen LogP contribution in [0, 0.1) is 12.8 Å². The lowest BCUT2D eigenvalue weighted by Crippen LogP contribution is -2.54. The number of aryl methyl sites for hydroxylation is 1. The summed E-state index contributed by atoms with van der Waals surface area (Å²) in [5.74, 6) is -0.366. The van der Waals surface area contributed by atoms with Crippen LogP contribution in [-0.4, -0.2) is 53.0 Å². The van der Waals surface area contributed by atoms with E-state index in [9.17, 15) is 22.8 Å². The Kier molecular flexibility index (Phi) is 6.51. The number of ether oxygens (including phenoxy) is 1. The van der Waals surface area contributed by atoms with Gasteiger partial charge in [0.05, 0.1) is 11.4 Å². The van der Waals surface area contributed by atoms with Crippen molar-refractivity contribution in [2.75, 3.05) is 18.5 Å². The Labute approximate surface area is 177 Å². The van der Waals surface area contributed by atoms with E-state index in [0.717, 1.165) is 12.8 Å². The predicted molar refractivity (Wildman–Crippen MR) is 107 cm³/mol. The van der Waals surface area contributed by atoms with Crippen molar-refractivity contribution in [1.29, 1.82) is 0 Å². The summed E-state index contributed by atoms with van der Waals surface area (Å²) in [6.45, 7) is 4.10. The molecule has 0 aromatic carbocycles. The zero-order valence-electron chi connectivity index (χ0n) is 17.4. The molecule has 1 aromatic heterocycles. The number of hydrogen-bond acceptors (Lipinski definition) is 6. The van der Waals surface area contributed by atoms with Crippen LogP contribution < -0.4 is 15.4 Å². The van der Waals surface area contributed by atoms with Gasteiger partial charge in [0, 0.05) is 24.2 Å². The van der Waals surface area contributed by atoms with E-state index in [1.165, 1.54) is 12.1 Å². The van der Waals surface area contributed by atoms with Crippen molar-refractivity contribution in [1.82, 2.24) is 15.2 Å². The second-order valence-electron chi connectivity index (χ2n) is 7.41. The molecule has 0 saturated heterocycles. The van der Waals surface area contributed by atoms with Gasteiger partial charge in [-0.3, -0.25) is 14.9 Å². The molecule has 8 nitrogen and oxygen atoms in total. The second kappa shape index (κ2) is 8.94. The van der Waals surface area contributed by atoms with E-state index < -0.39 is 18.8 Å². The molecule has 2 heterocycles. The highest BCUT2D eigenvalue weighted by molar-refractivity contribution is 6.04. The number of allylic oxidation sites excluding steroid dienone is 1. The first-order valence-corrected chi connectivity index (χ1v) is 9.90. The van der Waals surface area contributed by atoms with Gasteiger partial charge in [-0.05, 0) is 45.8 Å². The van der Waals surface area contributed by atoms with Gasteiger partial charge in [0.15, 0.2) is 6.61 Å². The molecule has 2 N–H and O–H groups in total. The molecule has 1 saturated carbocycles. The lowest BCUT2D eigenvalue weighted by molar-refractivity contribution is -0.154. The first kappa shape index (κ1) is 22.6. The van der Waals surface area contributed by atoms with Crippen LogP contribution in [0.15, 0.2) is 28.9 Å². The normalized spacial score (nSPS) is 18.8. The fraction of sp³-hybridized carbons (Fsp3) is 0.500. The Bertz CT molecular complexity index is 925. The highest BCUT2D eigenvalue weighted by Crippen LogP contribution is 2.29. The first-order valence-electron chi connectivity index (χ1n) is 9.90. The average Bonchev–Trinajstić information content (AvgIpc) is 3.52. The van der Waals surface area contributed by atoms with E-state index in [2.05, 4.69) is 25.3 Å².